The summed E-state index contributed by atoms with van der Waals surface area (Å²) < 4.78 is 52.5. The quantitative estimate of drug-likeness (QED) is 0.618. The Morgan fingerprint density at radius 2 is 1.93 bits per heavy atom. The predicted octanol–water partition coefficient (Wildman–Crippen LogP) is 4.96. The Morgan fingerprint density at radius 1 is 1.21 bits per heavy atom. The lowest BCUT2D eigenvalue weighted by atomic mass is 10.1. The molecule has 3 rings (SSSR count). The van der Waals surface area contributed by atoms with Crippen molar-refractivity contribution in [2.45, 2.75) is 39.9 Å². The zero-order valence-corrected chi connectivity index (χ0v) is 16.2. The van der Waals surface area contributed by atoms with E-state index in [2.05, 4.69) is 15.3 Å². The van der Waals surface area contributed by atoms with Crippen LogP contribution in [0.1, 0.15) is 44.8 Å². The number of carbonyl (C=O) groups excluding carboxylic acids is 1. The van der Waals surface area contributed by atoms with Gasteiger partial charge in [0.25, 0.3) is 5.91 Å². The smallest absolute Gasteiger partial charge is 0.347 e. The second-order valence-electron chi connectivity index (χ2n) is 6.30. The first-order chi connectivity index (χ1) is 13.1. The second kappa shape index (κ2) is 7.46. The summed E-state index contributed by atoms with van der Waals surface area (Å²) in [6.07, 6.45) is -4.06. The maximum absolute atomic E-state index is 13.2. The van der Waals surface area contributed by atoms with Crippen molar-refractivity contribution in [2.75, 3.05) is 0 Å². The summed E-state index contributed by atoms with van der Waals surface area (Å²) >= 11 is 1.18. The fraction of sp³-hybridized carbons (Fsp3) is 0.316. The minimum Gasteiger partial charge on any atom is -0.347 e. The molecule has 9 heteroatoms. The fourth-order valence-electron chi connectivity index (χ4n) is 2.99. The molecule has 148 valence electrons. The van der Waals surface area contributed by atoms with Gasteiger partial charge in [0.05, 0.1) is 10.4 Å². The summed E-state index contributed by atoms with van der Waals surface area (Å²) in [7, 11) is 0. The molecule has 0 fully saturated rings. The standard InChI is InChI=1S/C19H17F4N3OS/c1-4-14-25-10(3)15-9(2)16(28-18(15)26-14)17(27)24-8-11-5-6-12(20)7-13(11)19(21,22)23/h5-7H,4,8H2,1-3H3,(H,24,27). The van der Waals surface area contributed by atoms with Crippen molar-refractivity contribution < 1.29 is 22.4 Å². The van der Waals surface area contributed by atoms with Crippen LogP contribution in [0.5, 0.6) is 0 Å². The third kappa shape index (κ3) is 3.84. The zero-order chi connectivity index (χ0) is 20.6. The summed E-state index contributed by atoms with van der Waals surface area (Å²) in [6, 6.07) is 2.39. The van der Waals surface area contributed by atoms with Gasteiger partial charge >= 0.3 is 6.18 Å². The molecule has 0 saturated carbocycles. The summed E-state index contributed by atoms with van der Waals surface area (Å²) in [5.41, 5.74) is 0.140. The number of aryl methyl sites for hydroxylation is 3. The fourth-order valence-corrected chi connectivity index (χ4v) is 4.16. The van der Waals surface area contributed by atoms with Gasteiger partial charge in [-0.15, -0.1) is 11.3 Å². The number of rotatable bonds is 4. The normalized spacial score (nSPS) is 11.8. The van der Waals surface area contributed by atoms with E-state index in [-0.39, 0.29) is 12.1 Å². The molecule has 0 aliphatic heterocycles. The van der Waals surface area contributed by atoms with Gasteiger partial charge in [-0.05, 0) is 37.1 Å². The average Bonchev–Trinajstić information content (AvgIpc) is 2.96. The molecule has 1 amide bonds. The summed E-state index contributed by atoms with van der Waals surface area (Å²) in [5, 5.41) is 3.28. The molecule has 1 N–H and O–H groups in total. The van der Waals surface area contributed by atoms with Crippen LogP contribution in [0.15, 0.2) is 18.2 Å². The SMILES string of the molecule is CCc1nc(C)c2c(C)c(C(=O)NCc3ccc(F)cc3C(F)(F)F)sc2n1. The van der Waals surface area contributed by atoms with Gasteiger partial charge in [0.15, 0.2) is 0 Å². The van der Waals surface area contributed by atoms with Crippen molar-refractivity contribution in [1.29, 1.82) is 0 Å². The van der Waals surface area contributed by atoms with Crippen LogP contribution in [0.3, 0.4) is 0 Å². The monoisotopic (exact) mass is 411 g/mol. The molecule has 0 aliphatic rings. The minimum absolute atomic E-state index is 0.203. The molecule has 0 saturated heterocycles. The number of benzene rings is 1. The number of halogens is 4. The Morgan fingerprint density at radius 3 is 2.57 bits per heavy atom. The van der Waals surface area contributed by atoms with E-state index in [4.69, 9.17) is 0 Å². The first kappa shape index (κ1) is 20.2. The third-order valence-electron chi connectivity index (χ3n) is 4.36. The summed E-state index contributed by atoms with van der Waals surface area (Å²) in [5.74, 6) is -0.821. The number of nitrogens with zero attached hydrogens (tertiary/aromatic N) is 2. The molecular weight excluding hydrogens is 394 g/mol. The van der Waals surface area contributed by atoms with E-state index in [1.54, 1.807) is 6.92 Å². The Hall–Kier alpha value is -2.55. The highest BCUT2D eigenvalue weighted by molar-refractivity contribution is 7.20. The highest BCUT2D eigenvalue weighted by Gasteiger charge is 2.33. The Balaban J connectivity index is 1.89. The molecule has 3 aromatic rings. The second-order valence-corrected chi connectivity index (χ2v) is 7.30. The first-order valence-electron chi connectivity index (χ1n) is 8.52. The van der Waals surface area contributed by atoms with Gasteiger partial charge in [-0.3, -0.25) is 4.79 Å². The number of nitrogens with one attached hydrogen (secondary N) is 1. The van der Waals surface area contributed by atoms with E-state index in [9.17, 15) is 22.4 Å². The van der Waals surface area contributed by atoms with E-state index >= 15 is 0 Å². The van der Waals surface area contributed by atoms with Crippen LogP contribution >= 0.6 is 11.3 Å². The topological polar surface area (TPSA) is 54.9 Å². The molecule has 2 aromatic heterocycles. The van der Waals surface area contributed by atoms with Crippen molar-refractivity contribution in [3.8, 4) is 0 Å². The van der Waals surface area contributed by atoms with E-state index in [1.165, 1.54) is 11.3 Å². The summed E-state index contributed by atoms with van der Waals surface area (Å²) in [6.45, 7) is 5.15. The van der Waals surface area contributed by atoms with Gasteiger partial charge in [-0.25, -0.2) is 14.4 Å². The molecular formula is C19H17F4N3OS. The number of aromatic nitrogens is 2. The molecule has 0 bridgehead atoms. The Labute approximate surface area is 162 Å². The van der Waals surface area contributed by atoms with Crippen molar-refractivity contribution in [3.63, 3.8) is 0 Å². The zero-order valence-electron chi connectivity index (χ0n) is 15.4. The van der Waals surface area contributed by atoms with E-state index in [1.807, 2.05) is 13.8 Å². The number of fused-ring (bicyclic) bond motifs is 1. The largest absolute Gasteiger partial charge is 0.416 e. The third-order valence-corrected chi connectivity index (χ3v) is 5.54. The van der Waals surface area contributed by atoms with Gasteiger partial charge in [-0.1, -0.05) is 13.0 Å². The molecule has 2 heterocycles. The molecule has 4 nitrogen and oxygen atoms in total. The van der Waals surface area contributed by atoms with E-state index in [0.717, 1.165) is 23.2 Å². The molecule has 0 aliphatic carbocycles. The average molecular weight is 411 g/mol. The molecule has 1 aromatic carbocycles. The van der Waals surface area contributed by atoms with Crippen molar-refractivity contribution in [2.24, 2.45) is 0 Å². The van der Waals surface area contributed by atoms with Gasteiger partial charge in [0.1, 0.15) is 16.5 Å². The van der Waals surface area contributed by atoms with Crippen LogP contribution in [0.4, 0.5) is 17.6 Å². The maximum Gasteiger partial charge on any atom is 0.416 e. The van der Waals surface area contributed by atoms with Gasteiger partial charge in [0, 0.05) is 24.0 Å². The predicted molar refractivity (Wildman–Crippen MR) is 98.8 cm³/mol. The Bertz CT molecular complexity index is 1060. The number of alkyl halides is 3. The highest BCUT2D eigenvalue weighted by atomic mass is 32.1. The summed E-state index contributed by atoms with van der Waals surface area (Å²) in [4.78, 5) is 22.5. The first-order valence-corrected chi connectivity index (χ1v) is 9.34. The molecule has 0 spiro atoms. The lowest BCUT2D eigenvalue weighted by molar-refractivity contribution is -0.138. The maximum atomic E-state index is 13.2. The number of hydrogen-bond donors (Lipinski definition) is 1. The van der Waals surface area contributed by atoms with Crippen molar-refractivity contribution in [3.05, 3.63) is 57.1 Å². The van der Waals surface area contributed by atoms with E-state index < -0.39 is 23.5 Å². The number of carbonyl (C=O) groups is 1. The van der Waals surface area contributed by atoms with Crippen LogP contribution in [-0.2, 0) is 19.1 Å². The van der Waals surface area contributed by atoms with Crippen LogP contribution in [0.2, 0.25) is 0 Å². The molecule has 0 atom stereocenters. The van der Waals surface area contributed by atoms with Gasteiger partial charge in [-0.2, -0.15) is 13.2 Å². The van der Waals surface area contributed by atoms with Gasteiger partial charge < -0.3 is 5.32 Å². The highest BCUT2D eigenvalue weighted by Crippen LogP contribution is 2.33. The van der Waals surface area contributed by atoms with Crippen LogP contribution < -0.4 is 5.32 Å². The van der Waals surface area contributed by atoms with Crippen molar-refractivity contribution in [1.82, 2.24) is 15.3 Å². The van der Waals surface area contributed by atoms with Crippen LogP contribution in [0.25, 0.3) is 10.2 Å². The lowest BCUT2D eigenvalue weighted by Crippen LogP contribution is -2.24. The molecule has 0 radical (unpaired) electrons. The number of hydrogen-bond acceptors (Lipinski definition) is 4. The van der Waals surface area contributed by atoms with Crippen molar-refractivity contribution >= 4 is 27.5 Å². The van der Waals surface area contributed by atoms with E-state index in [0.29, 0.717) is 33.6 Å². The Kier molecular flexibility index (Phi) is 5.38. The lowest BCUT2D eigenvalue weighted by Gasteiger charge is -2.13. The molecule has 0 unspecified atom stereocenters. The van der Waals surface area contributed by atoms with Crippen LogP contribution in [0, 0.1) is 19.7 Å². The minimum atomic E-state index is -4.71. The van der Waals surface area contributed by atoms with Crippen LogP contribution in [-0.4, -0.2) is 15.9 Å². The molecule has 28 heavy (non-hydrogen) atoms. The van der Waals surface area contributed by atoms with Gasteiger partial charge in [0.2, 0.25) is 0 Å². The number of amides is 1. The number of thiophene rings is 1.